The molecule has 1 atom stereocenters. The van der Waals surface area contributed by atoms with Crippen LogP contribution >= 0.6 is 0 Å². The molecule has 1 N–H and O–H groups in total. The van der Waals surface area contributed by atoms with Crippen LogP contribution in [-0.4, -0.2) is 42.7 Å². The lowest BCUT2D eigenvalue weighted by atomic mass is 10.1. The molecule has 0 unspecified atom stereocenters. The number of aryl methyl sites for hydroxylation is 2. The van der Waals surface area contributed by atoms with Crippen LogP contribution in [0.4, 0.5) is 0 Å². The topological polar surface area (TPSA) is 68.0 Å². The second-order valence-corrected chi connectivity index (χ2v) is 6.54. The van der Waals surface area contributed by atoms with Gasteiger partial charge in [-0.05, 0) is 26.8 Å². The average Bonchev–Trinajstić information content (AvgIpc) is 3.04. The molecule has 0 aliphatic carbocycles. The highest BCUT2D eigenvalue weighted by Crippen LogP contribution is 2.23. The van der Waals surface area contributed by atoms with Crippen LogP contribution < -0.4 is 5.32 Å². The Morgan fingerprint density at radius 3 is 2.91 bits per heavy atom. The first-order chi connectivity index (χ1) is 10.9. The largest absolute Gasteiger partial charge is 0.352 e. The van der Waals surface area contributed by atoms with Crippen LogP contribution in [0.25, 0.3) is 0 Å². The maximum Gasteiger partial charge on any atom is 0.244 e. The first-order valence-electron chi connectivity index (χ1n) is 7.97. The second-order valence-electron chi connectivity index (χ2n) is 6.54. The van der Waals surface area contributed by atoms with Crippen LogP contribution in [0.5, 0.6) is 0 Å². The first-order valence-corrected chi connectivity index (χ1v) is 7.97. The molecular weight excluding hydrogens is 292 g/mol. The van der Waals surface area contributed by atoms with Crippen LogP contribution in [0, 0.1) is 6.92 Å². The number of nitrogens with zero attached hydrogens (tertiary/aromatic N) is 5. The Labute approximate surface area is 136 Å². The average molecular weight is 316 g/mol. The molecule has 0 spiro atoms. The maximum absolute atomic E-state index is 12.5. The fraction of sp³-hybridized carbons (Fsp3) is 0.562. The van der Waals surface area contributed by atoms with Crippen molar-refractivity contribution < 1.29 is 4.79 Å². The summed E-state index contributed by atoms with van der Waals surface area (Å²) < 4.78 is 3.90. The van der Waals surface area contributed by atoms with E-state index in [1.807, 2.05) is 43.3 Å². The quantitative estimate of drug-likeness (QED) is 0.914. The molecule has 0 aromatic carbocycles. The summed E-state index contributed by atoms with van der Waals surface area (Å²) >= 11 is 0. The molecule has 0 bridgehead atoms. The number of rotatable bonds is 4. The minimum absolute atomic E-state index is 0.0464. The number of imidazole rings is 1. The normalized spacial score (nSPS) is 18.2. The molecule has 2 aromatic heterocycles. The number of nitrogens with one attached hydrogen (secondary N) is 1. The van der Waals surface area contributed by atoms with Gasteiger partial charge in [0, 0.05) is 38.9 Å². The van der Waals surface area contributed by atoms with Crippen molar-refractivity contribution in [2.24, 2.45) is 7.05 Å². The fourth-order valence-electron chi connectivity index (χ4n) is 3.11. The highest BCUT2D eigenvalue weighted by molar-refractivity contribution is 5.81. The Balaban J connectivity index is 1.80. The summed E-state index contributed by atoms with van der Waals surface area (Å²) in [7, 11) is 1.96. The lowest BCUT2D eigenvalue weighted by molar-refractivity contribution is -0.126. The lowest BCUT2D eigenvalue weighted by Gasteiger charge is -2.34. The number of hydrogen-bond acceptors (Lipinski definition) is 4. The monoisotopic (exact) mass is 316 g/mol. The van der Waals surface area contributed by atoms with E-state index in [1.54, 1.807) is 6.33 Å². The minimum atomic E-state index is -0.238. The molecule has 1 aliphatic rings. The van der Waals surface area contributed by atoms with Crippen molar-refractivity contribution in [2.45, 2.75) is 45.9 Å². The standard InChI is InChI=1S/C16H24N6O/c1-11(2)18-16(23)15-9-21(8-14-6-17-10-22(14)15)7-13-5-12(3)19-20(13)4/h5-6,10-11,15H,7-9H2,1-4H3,(H,18,23)/t15-/m0/s1. The van der Waals surface area contributed by atoms with Crippen LogP contribution in [-0.2, 0) is 24.9 Å². The maximum atomic E-state index is 12.5. The third-order valence-corrected chi connectivity index (χ3v) is 4.12. The van der Waals surface area contributed by atoms with Crippen molar-refractivity contribution in [2.75, 3.05) is 6.54 Å². The molecule has 23 heavy (non-hydrogen) atoms. The minimum Gasteiger partial charge on any atom is -0.352 e. The van der Waals surface area contributed by atoms with Crippen molar-refractivity contribution in [3.8, 4) is 0 Å². The molecule has 0 radical (unpaired) electrons. The Bertz CT molecular complexity index is 701. The number of carbonyl (C=O) groups is 1. The van der Waals surface area contributed by atoms with Gasteiger partial charge < -0.3 is 9.88 Å². The van der Waals surface area contributed by atoms with E-state index >= 15 is 0 Å². The molecule has 0 saturated heterocycles. The van der Waals surface area contributed by atoms with E-state index in [0.717, 1.165) is 30.2 Å². The van der Waals surface area contributed by atoms with Crippen molar-refractivity contribution in [3.05, 3.63) is 35.7 Å². The fourth-order valence-corrected chi connectivity index (χ4v) is 3.11. The summed E-state index contributed by atoms with van der Waals surface area (Å²) in [5.41, 5.74) is 3.23. The Morgan fingerprint density at radius 1 is 1.48 bits per heavy atom. The SMILES string of the molecule is Cc1cc(CN2Cc3cncn3[C@H](C(=O)NC(C)C)C2)n(C)n1. The van der Waals surface area contributed by atoms with Crippen LogP contribution in [0.15, 0.2) is 18.6 Å². The third kappa shape index (κ3) is 3.29. The van der Waals surface area contributed by atoms with E-state index < -0.39 is 0 Å². The predicted molar refractivity (Wildman–Crippen MR) is 86.6 cm³/mol. The first kappa shape index (κ1) is 15.7. The molecule has 3 heterocycles. The van der Waals surface area contributed by atoms with Crippen molar-refractivity contribution in [3.63, 3.8) is 0 Å². The van der Waals surface area contributed by atoms with Gasteiger partial charge in [-0.3, -0.25) is 14.4 Å². The molecular formula is C16H24N6O. The zero-order valence-corrected chi connectivity index (χ0v) is 14.2. The molecule has 124 valence electrons. The zero-order valence-electron chi connectivity index (χ0n) is 14.2. The summed E-state index contributed by atoms with van der Waals surface area (Å²) in [6, 6.07) is 1.98. The van der Waals surface area contributed by atoms with E-state index in [0.29, 0.717) is 6.54 Å². The number of carbonyl (C=O) groups excluding carboxylic acids is 1. The summed E-state index contributed by atoms with van der Waals surface area (Å²) in [4.78, 5) is 19.0. The second kappa shape index (κ2) is 6.16. The van der Waals surface area contributed by atoms with Gasteiger partial charge in [0.25, 0.3) is 0 Å². The van der Waals surface area contributed by atoms with Crippen molar-refractivity contribution in [1.29, 1.82) is 0 Å². The lowest BCUT2D eigenvalue weighted by Crippen LogP contribution is -2.45. The van der Waals surface area contributed by atoms with Crippen LogP contribution in [0.3, 0.4) is 0 Å². The highest BCUT2D eigenvalue weighted by Gasteiger charge is 2.30. The molecule has 1 amide bonds. The number of amides is 1. The van der Waals surface area contributed by atoms with Crippen LogP contribution in [0.2, 0.25) is 0 Å². The number of aromatic nitrogens is 4. The van der Waals surface area contributed by atoms with Gasteiger partial charge in [0.1, 0.15) is 6.04 Å². The highest BCUT2D eigenvalue weighted by atomic mass is 16.2. The Kier molecular flexibility index (Phi) is 4.21. The van der Waals surface area contributed by atoms with E-state index in [4.69, 9.17) is 0 Å². The van der Waals surface area contributed by atoms with Crippen molar-refractivity contribution >= 4 is 5.91 Å². The van der Waals surface area contributed by atoms with Gasteiger partial charge >= 0.3 is 0 Å². The molecule has 3 rings (SSSR count). The summed E-state index contributed by atoms with van der Waals surface area (Å²) in [6.07, 6.45) is 3.60. The molecule has 2 aromatic rings. The Hall–Kier alpha value is -2.15. The van der Waals surface area contributed by atoms with Gasteiger partial charge in [-0.2, -0.15) is 5.10 Å². The van der Waals surface area contributed by atoms with Gasteiger partial charge in [0.2, 0.25) is 5.91 Å². The van der Waals surface area contributed by atoms with Gasteiger partial charge in [0.05, 0.1) is 23.4 Å². The molecule has 7 heteroatoms. The summed E-state index contributed by atoms with van der Waals surface area (Å²) in [6.45, 7) is 8.18. The van der Waals surface area contributed by atoms with E-state index in [2.05, 4.69) is 26.4 Å². The zero-order chi connectivity index (χ0) is 16.6. The van der Waals surface area contributed by atoms with Gasteiger partial charge in [-0.15, -0.1) is 0 Å². The number of fused-ring (bicyclic) bond motifs is 1. The van der Waals surface area contributed by atoms with E-state index in [-0.39, 0.29) is 18.0 Å². The van der Waals surface area contributed by atoms with Gasteiger partial charge in [-0.1, -0.05) is 0 Å². The summed E-state index contributed by atoms with van der Waals surface area (Å²) in [5.74, 6) is 0.0464. The van der Waals surface area contributed by atoms with Crippen molar-refractivity contribution in [1.82, 2.24) is 29.5 Å². The smallest absolute Gasteiger partial charge is 0.244 e. The van der Waals surface area contributed by atoms with Gasteiger partial charge in [-0.25, -0.2) is 4.98 Å². The molecule has 0 saturated carbocycles. The van der Waals surface area contributed by atoms with Gasteiger partial charge in [0.15, 0.2) is 0 Å². The van der Waals surface area contributed by atoms with E-state index in [9.17, 15) is 4.79 Å². The third-order valence-electron chi connectivity index (χ3n) is 4.12. The van der Waals surface area contributed by atoms with E-state index in [1.165, 1.54) is 0 Å². The number of hydrogen-bond donors (Lipinski definition) is 1. The summed E-state index contributed by atoms with van der Waals surface area (Å²) in [5, 5.41) is 7.41. The molecule has 0 fully saturated rings. The Morgan fingerprint density at radius 2 is 2.26 bits per heavy atom. The predicted octanol–water partition coefficient (Wildman–Crippen LogP) is 1.01. The van der Waals surface area contributed by atoms with Crippen LogP contribution in [0.1, 0.15) is 37.0 Å². The molecule has 1 aliphatic heterocycles. The molecule has 7 nitrogen and oxygen atoms in total.